The molecule has 2 fully saturated rings. The Morgan fingerprint density at radius 2 is 1.91 bits per heavy atom. The molecule has 0 aromatic heterocycles. The average Bonchev–Trinajstić information content (AvgIpc) is 2.96. The van der Waals surface area contributed by atoms with Crippen molar-refractivity contribution in [2.45, 2.75) is 55.1 Å². The van der Waals surface area contributed by atoms with E-state index in [4.69, 9.17) is 9.47 Å². The van der Waals surface area contributed by atoms with Crippen LogP contribution in [0.4, 0.5) is 4.39 Å². The van der Waals surface area contributed by atoms with Gasteiger partial charge in [0.15, 0.2) is 12.5 Å². The van der Waals surface area contributed by atoms with Gasteiger partial charge in [0.2, 0.25) is 0 Å². The van der Waals surface area contributed by atoms with Gasteiger partial charge in [-0.1, -0.05) is 6.08 Å². The van der Waals surface area contributed by atoms with Gasteiger partial charge in [0.05, 0.1) is 25.3 Å². The predicted molar refractivity (Wildman–Crippen MR) is 69.4 cm³/mol. The van der Waals surface area contributed by atoms with E-state index in [-0.39, 0.29) is 12.2 Å². The van der Waals surface area contributed by atoms with Gasteiger partial charge in [-0.3, -0.25) is 0 Å². The number of rotatable bonds is 3. The number of hydrogen-bond acceptors (Lipinski definition) is 8. The molecule has 2 saturated heterocycles. The molecule has 3 rings (SSSR count). The lowest BCUT2D eigenvalue weighted by Crippen LogP contribution is -2.64. The molecule has 3 aliphatic rings. The fraction of sp³-hybridized carbons (Fsp3) is 0.846. The fourth-order valence-electron chi connectivity index (χ4n) is 3.14. The lowest BCUT2D eigenvalue weighted by atomic mass is 9.87. The number of ether oxygens (including phenoxy) is 2. The topological polar surface area (TPSA) is 132 Å². The first-order valence-electron chi connectivity index (χ1n) is 7.15. The predicted octanol–water partition coefficient (Wildman–Crippen LogP) is -3.22. The van der Waals surface area contributed by atoms with Gasteiger partial charge in [-0.2, -0.15) is 0 Å². The molecule has 9 unspecified atom stereocenters. The molecule has 9 atom stereocenters. The molecular formula is C13H20FNO7. The van der Waals surface area contributed by atoms with Crippen LogP contribution < -0.4 is 5.32 Å². The van der Waals surface area contributed by atoms with Crippen LogP contribution in [0.1, 0.15) is 0 Å². The minimum absolute atomic E-state index is 0.102. The molecule has 1 aliphatic carbocycles. The Bertz CT molecular complexity index is 450. The highest BCUT2D eigenvalue weighted by Gasteiger charge is 2.51. The molecular weight excluding hydrogens is 301 g/mol. The van der Waals surface area contributed by atoms with Gasteiger partial charge in [-0.05, 0) is 5.57 Å². The van der Waals surface area contributed by atoms with Gasteiger partial charge in [0.1, 0.15) is 30.5 Å². The summed E-state index contributed by atoms with van der Waals surface area (Å²) in [6.07, 6.45) is -7.69. The van der Waals surface area contributed by atoms with E-state index in [1.807, 2.05) is 0 Å². The summed E-state index contributed by atoms with van der Waals surface area (Å²) in [4.78, 5) is 0. The second-order valence-electron chi connectivity index (χ2n) is 5.86. The molecule has 0 aromatic carbocycles. The summed E-state index contributed by atoms with van der Waals surface area (Å²) < 4.78 is 24.3. The van der Waals surface area contributed by atoms with Crippen molar-refractivity contribution in [2.24, 2.45) is 0 Å². The Labute approximate surface area is 125 Å². The molecule has 9 heteroatoms. The molecule has 126 valence electrons. The third kappa shape index (κ3) is 2.57. The number of nitrogens with one attached hydrogen (secondary N) is 1. The van der Waals surface area contributed by atoms with Crippen molar-refractivity contribution in [2.75, 3.05) is 13.2 Å². The fourth-order valence-corrected chi connectivity index (χ4v) is 3.14. The lowest BCUT2D eigenvalue weighted by Gasteiger charge is -2.40. The van der Waals surface area contributed by atoms with Gasteiger partial charge in [-0.15, -0.1) is 0 Å². The van der Waals surface area contributed by atoms with Crippen molar-refractivity contribution >= 4 is 0 Å². The van der Waals surface area contributed by atoms with Crippen LogP contribution in [0.3, 0.4) is 0 Å². The van der Waals surface area contributed by atoms with Crippen molar-refractivity contribution < 1.29 is 39.4 Å². The van der Waals surface area contributed by atoms with Gasteiger partial charge in [0.25, 0.3) is 0 Å². The molecule has 2 heterocycles. The Morgan fingerprint density at radius 3 is 2.59 bits per heavy atom. The van der Waals surface area contributed by atoms with Crippen LogP contribution in [-0.2, 0) is 9.47 Å². The Hall–Kier alpha value is -0.650. The Kier molecular flexibility index (Phi) is 4.49. The standard InChI is InChI=1S/C13H20FNO7/c14-7-11(19)8(6-3-21-13(7)22-6)15-5-1-4(2-16)9(17)12(20)10(5)18/h1,5-13,15-20H,2-3H2. The normalized spacial score (nSPS) is 51.7. The zero-order valence-corrected chi connectivity index (χ0v) is 11.6. The molecule has 8 nitrogen and oxygen atoms in total. The summed E-state index contributed by atoms with van der Waals surface area (Å²) >= 11 is 0. The van der Waals surface area contributed by atoms with Crippen LogP contribution >= 0.6 is 0 Å². The number of alkyl halides is 1. The van der Waals surface area contributed by atoms with Crippen LogP contribution in [0.2, 0.25) is 0 Å². The molecule has 22 heavy (non-hydrogen) atoms. The minimum atomic E-state index is -1.73. The van der Waals surface area contributed by atoms with Crippen molar-refractivity contribution in [3.8, 4) is 0 Å². The van der Waals surface area contributed by atoms with Crippen LogP contribution in [0.15, 0.2) is 11.6 Å². The molecule has 2 aliphatic heterocycles. The quantitative estimate of drug-likeness (QED) is 0.299. The van der Waals surface area contributed by atoms with E-state index in [1.54, 1.807) is 0 Å². The summed E-state index contributed by atoms with van der Waals surface area (Å²) in [5.74, 6) is 0. The average molecular weight is 321 g/mol. The number of fused-ring (bicyclic) bond motifs is 2. The maximum atomic E-state index is 13.9. The third-order valence-electron chi connectivity index (χ3n) is 4.47. The monoisotopic (exact) mass is 321 g/mol. The van der Waals surface area contributed by atoms with Gasteiger partial charge in [-0.25, -0.2) is 4.39 Å². The zero-order valence-electron chi connectivity index (χ0n) is 11.6. The summed E-state index contributed by atoms with van der Waals surface area (Å²) in [5.41, 5.74) is 0.138. The number of aliphatic hydroxyl groups is 5. The van der Waals surface area contributed by atoms with Crippen LogP contribution in [0.5, 0.6) is 0 Å². The largest absolute Gasteiger partial charge is 0.392 e. The van der Waals surface area contributed by atoms with Crippen molar-refractivity contribution in [1.29, 1.82) is 0 Å². The molecule has 6 N–H and O–H groups in total. The minimum Gasteiger partial charge on any atom is -0.392 e. The van der Waals surface area contributed by atoms with E-state index < -0.39 is 61.7 Å². The van der Waals surface area contributed by atoms with Gasteiger partial charge >= 0.3 is 0 Å². The van der Waals surface area contributed by atoms with E-state index in [0.717, 1.165) is 0 Å². The van der Waals surface area contributed by atoms with Crippen LogP contribution in [-0.4, -0.2) is 93.8 Å². The van der Waals surface area contributed by atoms with E-state index in [0.29, 0.717) is 0 Å². The van der Waals surface area contributed by atoms with Crippen molar-refractivity contribution in [1.82, 2.24) is 5.32 Å². The van der Waals surface area contributed by atoms with Crippen molar-refractivity contribution in [3.05, 3.63) is 11.6 Å². The highest BCUT2D eigenvalue weighted by molar-refractivity contribution is 5.22. The molecule has 0 radical (unpaired) electrons. The maximum absolute atomic E-state index is 13.9. The first kappa shape index (κ1) is 16.2. The van der Waals surface area contributed by atoms with Crippen LogP contribution in [0.25, 0.3) is 0 Å². The molecule has 0 aromatic rings. The summed E-state index contributed by atoms with van der Waals surface area (Å²) in [5, 5.41) is 51.6. The molecule has 2 bridgehead atoms. The van der Waals surface area contributed by atoms with E-state index in [9.17, 15) is 29.9 Å². The molecule has 0 spiro atoms. The first-order valence-corrected chi connectivity index (χ1v) is 7.15. The zero-order chi connectivity index (χ0) is 16.0. The SMILES string of the molecule is OCC1=CC(NC2C3COC(O3)C(F)C2O)C(O)C(O)C1O. The van der Waals surface area contributed by atoms with E-state index >= 15 is 0 Å². The number of halogens is 1. The summed E-state index contributed by atoms with van der Waals surface area (Å²) in [6.45, 7) is -0.391. The van der Waals surface area contributed by atoms with E-state index in [1.165, 1.54) is 6.08 Å². The smallest absolute Gasteiger partial charge is 0.192 e. The molecule has 0 saturated carbocycles. The first-order chi connectivity index (χ1) is 10.4. The van der Waals surface area contributed by atoms with Crippen LogP contribution in [0, 0.1) is 0 Å². The Morgan fingerprint density at radius 1 is 1.18 bits per heavy atom. The highest BCUT2D eigenvalue weighted by Crippen LogP contribution is 2.31. The Balaban J connectivity index is 1.78. The second-order valence-corrected chi connectivity index (χ2v) is 5.86. The van der Waals surface area contributed by atoms with Gasteiger partial charge in [0, 0.05) is 0 Å². The summed E-state index contributed by atoms with van der Waals surface area (Å²) in [7, 11) is 0. The highest BCUT2D eigenvalue weighted by atomic mass is 19.1. The van der Waals surface area contributed by atoms with Gasteiger partial charge < -0.3 is 40.3 Å². The maximum Gasteiger partial charge on any atom is 0.192 e. The second kappa shape index (κ2) is 6.10. The number of hydrogen-bond donors (Lipinski definition) is 6. The lowest BCUT2D eigenvalue weighted by molar-refractivity contribution is -0.180. The number of aliphatic hydroxyl groups excluding tert-OH is 5. The van der Waals surface area contributed by atoms with Crippen molar-refractivity contribution in [3.63, 3.8) is 0 Å². The third-order valence-corrected chi connectivity index (χ3v) is 4.47. The van der Waals surface area contributed by atoms with E-state index in [2.05, 4.69) is 5.32 Å². The molecule has 0 amide bonds. The summed E-state index contributed by atoms with van der Waals surface area (Å²) in [6, 6.07) is -1.74.